The van der Waals surface area contributed by atoms with Crippen LogP contribution < -0.4 is 14.8 Å². The van der Waals surface area contributed by atoms with Crippen LogP contribution in [-0.2, 0) is 24.4 Å². The van der Waals surface area contributed by atoms with E-state index in [1.54, 1.807) is 19.1 Å². The van der Waals surface area contributed by atoms with Gasteiger partial charge in [-0.1, -0.05) is 24.8 Å². The van der Waals surface area contributed by atoms with Crippen LogP contribution in [-0.4, -0.2) is 71.8 Å². The van der Waals surface area contributed by atoms with Gasteiger partial charge in [-0.3, -0.25) is 0 Å². The highest BCUT2D eigenvalue weighted by Gasteiger charge is 2.37. The Bertz CT molecular complexity index is 1890. The van der Waals surface area contributed by atoms with E-state index in [1.165, 1.54) is 0 Å². The van der Waals surface area contributed by atoms with Crippen LogP contribution in [0.1, 0.15) is 17.3 Å². The van der Waals surface area contributed by atoms with Gasteiger partial charge in [-0.05, 0) is 36.8 Å². The highest BCUT2D eigenvalue weighted by atomic mass is 32.2. The Kier molecular flexibility index (Phi) is 10.8. The molecule has 0 saturated carbocycles. The minimum Gasteiger partial charge on any atom is -0.741 e. The zero-order chi connectivity index (χ0) is 33.7. The van der Waals surface area contributed by atoms with Gasteiger partial charge in [-0.2, -0.15) is 13.2 Å². The smallest absolute Gasteiger partial charge is 0.485 e. The molecule has 0 aromatic heterocycles. The molecule has 240 valence electrons. The molecular weight excluding hydrogens is 617 g/mol. The molecule has 1 heterocycles. The summed E-state index contributed by atoms with van der Waals surface area (Å²) in [5, 5.41) is 1.88. The van der Waals surface area contributed by atoms with Crippen molar-refractivity contribution < 1.29 is 49.6 Å². The van der Waals surface area contributed by atoms with Crippen molar-refractivity contribution in [3.63, 3.8) is 0 Å². The SMILES string of the molecule is C=C(C)C(=O)OCCOC(=O)c1ccccc1-c1c2ccc(=[N+](C)C)cc-2oc2cc(N(C)C)ccc12.O=S(=O)([O-])C(F)(F)F. The lowest BCUT2D eigenvalue weighted by molar-refractivity contribution is -0.140. The van der Waals surface area contributed by atoms with E-state index < -0.39 is 27.6 Å². The Morgan fingerprint density at radius 1 is 0.978 bits per heavy atom. The average Bonchev–Trinajstić information content (AvgIpc) is 2.96. The topological polar surface area (TPSA) is 129 Å². The van der Waals surface area contributed by atoms with E-state index in [0.717, 1.165) is 33.1 Å². The molecule has 0 atom stereocenters. The third kappa shape index (κ3) is 8.48. The number of hydrogen-bond acceptors (Lipinski definition) is 9. The minimum absolute atomic E-state index is 0.0453. The summed E-state index contributed by atoms with van der Waals surface area (Å²) in [6.07, 6.45) is 0. The Hall–Kier alpha value is -4.69. The van der Waals surface area contributed by atoms with Crippen LogP contribution in [0.5, 0.6) is 0 Å². The van der Waals surface area contributed by atoms with E-state index in [2.05, 4.69) is 6.58 Å². The molecule has 1 aliphatic heterocycles. The van der Waals surface area contributed by atoms with Crippen molar-refractivity contribution >= 4 is 38.7 Å². The summed E-state index contributed by atoms with van der Waals surface area (Å²) < 4.78 is 77.8. The minimum atomic E-state index is -6.09. The summed E-state index contributed by atoms with van der Waals surface area (Å²) in [5.74, 6) is -0.310. The maximum absolute atomic E-state index is 13.2. The van der Waals surface area contributed by atoms with Gasteiger partial charge in [0.25, 0.3) is 0 Å². The highest BCUT2D eigenvalue weighted by molar-refractivity contribution is 7.86. The molecule has 2 aromatic rings. The van der Waals surface area contributed by atoms with Crippen molar-refractivity contribution in [2.24, 2.45) is 0 Å². The van der Waals surface area contributed by atoms with Gasteiger partial charge in [0.2, 0.25) is 5.36 Å². The normalized spacial score (nSPS) is 11.4. The van der Waals surface area contributed by atoms with Gasteiger partial charge >= 0.3 is 17.4 Å². The van der Waals surface area contributed by atoms with Crippen LogP contribution >= 0.6 is 0 Å². The maximum atomic E-state index is 13.2. The molecule has 2 aliphatic rings. The number of fused-ring (bicyclic) bond motifs is 2. The third-order valence-corrected chi connectivity index (χ3v) is 6.89. The first-order valence-corrected chi connectivity index (χ1v) is 14.6. The van der Waals surface area contributed by atoms with Crippen LogP contribution in [0.2, 0.25) is 0 Å². The highest BCUT2D eigenvalue weighted by Crippen LogP contribution is 2.42. The molecule has 0 radical (unpaired) electrons. The summed E-state index contributed by atoms with van der Waals surface area (Å²) in [4.78, 5) is 26.8. The fourth-order valence-corrected chi connectivity index (χ4v) is 4.06. The van der Waals surface area contributed by atoms with E-state index in [1.807, 2.05) is 86.2 Å². The molecule has 10 nitrogen and oxygen atoms in total. The zero-order valence-corrected chi connectivity index (χ0v) is 25.9. The van der Waals surface area contributed by atoms with Gasteiger partial charge in [-0.15, -0.1) is 0 Å². The zero-order valence-electron chi connectivity index (χ0n) is 25.1. The quantitative estimate of drug-likeness (QED) is 0.0536. The number of rotatable bonds is 7. The molecule has 0 fully saturated rings. The molecule has 0 N–H and O–H groups in total. The average molecular weight is 649 g/mol. The van der Waals surface area contributed by atoms with Crippen molar-refractivity contribution in [1.29, 1.82) is 0 Å². The fourth-order valence-electron chi connectivity index (χ4n) is 4.06. The van der Waals surface area contributed by atoms with Crippen LogP contribution in [0.3, 0.4) is 0 Å². The molecule has 14 heteroatoms. The first-order valence-electron chi connectivity index (χ1n) is 13.2. The summed E-state index contributed by atoms with van der Waals surface area (Å²) >= 11 is 0. The first-order chi connectivity index (χ1) is 20.9. The molecule has 0 spiro atoms. The number of hydrogen-bond donors (Lipinski definition) is 0. The molecule has 0 unspecified atom stereocenters. The van der Waals surface area contributed by atoms with Crippen LogP contribution in [0.15, 0.2) is 77.2 Å². The second-order valence-corrected chi connectivity index (χ2v) is 11.5. The first kappa shape index (κ1) is 34.8. The van der Waals surface area contributed by atoms with E-state index in [0.29, 0.717) is 22.5 Å². The van der Waals surface area contributed by atoms with E-state index in [9.17, 15) is 22.8 Å². The van der Waals surface area contributed by atoms with Gasteiger partial charge < -0.3 is 23.3 Å². The van der Waals surface area contributed by atoms with Crippen molar-refractivity contribution in [3.8, 4) is 22.5 Å². The predicted octanol–water partition coefficient (Wildman–Crippen LogP) is 4.63. The van der Waals surface area contributed by atoms with Crippen molar-refractivity contribution in [2.45, 2.75) is 12.4 Å². The van der Waals surface area contributed by atoms with E-state index >= 15 is 0 Å². The molecule has 0 saturated heterocycles. The fraction of sp³-hybridized carbons (Fsp3) is 0.258. The molecule has 1 aliphatic carbocycles. The van der Waals surface area contributed by atoms with Crippen LogP contribution in [0.4, 0.5) is 18.9 Å². The number of ether oxygens (including phenoxy) is 2. The molecule has 2 aromatic carbocycles. The maximum Gasteiger partial charge on any atom is 0.485 e. The standard InChI is InChI=1S/C30H31N2O5.CHF3O3S/c1-19(2)29(33)35-15-16-36-30(34)23-10-8-7-9-22(23)28-24-13-11-20(31(3)4)17-26(24)37-27-18-21(32(5)6)12-14-25(27)28;2-1(3,4)8(5,6)7/h7-14,17-18H,1,15-16H2,2-6H3;(H,5,6,7)/q+1;/p-1. The van der Waals surface area contributed by atoms with Crippen molar-refractivity contribution in [1.82, 2.24) is 4.58 Å². The van der Waals surface area contributed by atoms with Crippen LogP contribution in [0, 0.1) is 0 Å². The Labute approximate surface area is 257 Å². The molecule has 0 amide bonds. The largest absolute Gasteiger partial charge is 0.741 e. The summed E-state index contributed by atoms with van der Waals surface area (Å²) in [6.45, 7) is 5.01. The van der Waals surface area contributed by atoms with Gasteiger partial charge in [0, 0.05) is 54.0 Å². The molecular formula is C31H31F3N2O8S. The van der Waals surface area contributed by atoms with Crippen LogP contribution in [0.25, 0.3) is 33.4 Å². The van der Waals surface area contributed by atoms with Gasteiger partial charge in [0.1, 0.15) is 38.7 Å². The number of alkyl halides is 3. The van der Waals surface area contributed by atoms with Gasteiger partial charge in [0.15, 0.2) is 10.1 Å². The number of anilines is 1. The monoisotopic (exact) mass is 648 g/mol. The van der Waals surface area contributed by atoms with E-state index in [-0.39, 0.29) is 13.2 Å². The second-order valence-electron chi connectivity index (χ2n) is 10.1. The lowest BCUT2D eigenvalue weighted by Gasteiger charge is -2.19. The van der Waals surface area contributed by atoms with Gasteiger partial charge in [0.05, 0.1) is 11.6 Å². The lowest BCUT2D eigenvalue weighted by atomic mass is 9.90. The molecule has 4 rings (SSSR count). The Morgan fingerprint density at radius 2 is 1.60 bits per heavy atom. The number of halogens is 3. The summed E-state index contributed by atoms with van der Waals surface area (Å²) in [5.41, 5.74) is -0.739. The van der Waals surface area contributed by atoms with E-state index in [4.69, 9.17) is 26.9 Å². The number of carbonyl (C=O) groups is 2. The number of esters is 2. The predicted molar refractivity (Wildman–Crippen MR) is 162 cm³/mol. The van der Waals surface area contributed by atoms with Gasteiger partial charge in [-0.25, -0.2) is 22.6 Å². The number of nitrogens with zero attached hydrogens (tertiary/aromatic N) is 2. The summed E-state index contributed by atoms with van der Waals surface area (Å²) in [6, 6.07) is 19.4. The molecule has 0 bridgehead atoms. The molecule has 45 heavy (non-hydrogen) atoms. The number of benzene rings is 3. The number of carbonyl (C=O) groups excluding carboxylic acids is 2. The van der Waals surface area contributed by atoms with Crippen molar-refractivity contribution in [2.75, 3.05) is 46.3 Å². The Balaban J connectivity index is 0.000000610. The lowest BCUT2D eigenvalue weighted by Crippen LogP contribution is -2.21. The summed E-state index contributed by atoms with van der Waals surface area (Å²) in [7, 11) is 1.82. The third-order valence-electron chi connectivity index (χ3n) is 6.32. The Morgan fingerprint density at radius 3 is 2.18 bits per heavy atom. The van der Waals surface area contributed by atoms with Crippen molar-refractivity contribution in [3.05, 3.63) is 83.7 Å². The second kappa shape index (κ2) is 13.9.